The molecule has 5 rings (SSSR count). The normalized spacial score (nSPS) is 21.1. The van der Waals surface area contributed by atoms with Crippen molar-refractivity contribution < 1.29 is 23.5 Å². The van der Waals surface area contributed by atoms with E-state index in [0.717, 1.165) is 31.1 Å². The van der Waals surface area contributed by atoms with Crippen LogP contribution in [0.2, 0.25) is 5.02 Å². The number of halogens is 2. The zero-order valence-corrected chi connectivity index (χ0v) is 24.6. The SMILES string of the molecule is CO[C@H]1CC(C(=O)Nc2ccc(Cl)cn2)[C@@H](C(=O)Nc2cc(C(CCC3CC3)(NCC=O)c3ccncc3)ccc2F)C1. The van der Waals surface area contributed by atoms with Gasteiger partial charge in [-0.3, -0.25) is 19.9 Å². The maximum atomic E-state index is 15.3. The molecule has 2 fully saturated rings. The predicted molar refractivity (Wildman–Crippen MR) is 161 cm³/mol. The van der Waals surface area contributed by atoms with Gasteiger partial charge >= 0.3 is 0 Å². The van der Waals surface area contributed by atoms with Gasteiger partial charge in [0.25, 0.3) is 0 Å². The number of aromatic nitrogens is 2. The molecule has 3 N–H and O–H groups in total. The summed E-state index contributed by atoms with van der Waals surface area (Å²) in [5.41, 5.74) is 0.796. The second-order valence-corrected chi connectivity index (χ2v) is 11.7. The summed E-state index contributed by atoms with van der Waals surface area (Å²) in [6, 6.07) is 11.6. The summed E-state index contributed by atoms with van der Waals surface area (Å²) in [6.07, 6.45) is 9.85. The second kappa shape index (κ2) is 13.7. The molecule has 2 heterocycles. The highest BCUT2D eigenvalue weighted by molar-refractivity contribution is 6.30. The van der Waals surface area contributed by atoms with Crippen molar-refractivity contribution in [2.45, 2.75) is 50.2 Å². The van der Waals surface area contributed by atoms with Gasteiger partial charge in [0.15, 0.2) is 0 Å². The average molecular weight is 608 g/mol. The number of hydrogen-bond acceptors (Lipinski definition) is 7. The summed E-state index contributed by atoms with van der Waals surface area (Å²) in [5.74, 6) is -2.00. The van der Waals surface area contributed by atoms with Gasteiger partial charge in [0.2, 0.25) is 11.8 Å². The third-order valence-corrected chi connectivity index (χ3v) is 8.73. The molecule has 2 aliphatic rings. The molecule has 0 radical (unpaired) electrons. The minimum Gasteiger partial charge on any atom is -0.381 e. The maximum Gasteiger partial charge on any atom is 0.229 e. The number of pyridine rings is 2. The lowest BCUT2D eigenvalue weighted by atomic mass is 9.78. The Bertz CT molecular complexity index is 1440. The van der Waals surface area contributed by atoms with Crippen LogP contribution in [0.1, 0.15) is 49.7 Å². The molecule has 0 spiro atoms. The number of nitrogens with zero attached hydrogens (tertiary/aromatic N) is 2. The van der Waals surface area contributed by atoms with Crippen LogP contribution in [0.5, 0.6) is 0 Å². The summed E-state index contributed by atoms with van der Waals surface area (Å²) < 4.78 is 20.8. The van der Waals surface area contributed by atoms with E-state index in [1.165, 1.54) is 19.4 Å². The van der Waals surface area contributed by atoms with Gasteiger partial charge in [0.1, 0.15) is 17.9 Å². The molecule has 4 atom stereocenters. The first-order valence-corrected chi connectivity index (χ1v) is 14.9. The molecule has 2 saturated carbocycles. The number of ether oxygens (including phenoxy) is 1. The molecule has 9 nitrogen and oxygen atoms in total. The molecule has 2 aliphatic carbocycles. The van der Waals surface area contributed by atoms with Crippen molar-refractivity contribution in [3.63, 3.8) is 0 Å². The second-order valence-electron chi connectivity index (χ2n) is 11.2. The van der Waals surface area contributed by atoms with Gasteiger partial charge in [-0.15, -0.1) is 0 Å². The molecule has 0 bridgehead atoms. The smallest absolute Gasteiger partial charge is 0.229 e. The van der Waals surface area contributed by atoms with Gasteiger partial charge in [-0.05, 0) is 79.1 Å². The lowest BCUT2D eigenvalue weighted by Crippen LogP contribution is -2.44. The van der Waals surface area contributed by atoms with Gasteiger partial charge in [-0.25, -0.2) is 9.37 Å². The van der Waals surface area contributed by atoms with E-state index in [4.69, 9.17) is 16.3 Å². The van der Waals surface area contributed by atoms with Crippen molar-refractivity contribution in [3.8, 4) is 0 Å². The molecule has 2 unspecified atom stereocenters. The van der Waals surface area contributed by atoms with E-state index in [0.29, 0.717) is 41.6 Å². The fourth-order valence-corrected chi connectivity index (χ4v) is 6.08. The van der Waals surface area contributed by atoms with Gasteiger partial charge in [0.05, 0.1) is 40.7 Å². The molecule has 3 aromatic rings. The molecule has 2 aromatic heterocycles. The van der Waals surface area contributed by atoms with E-state index < -0.39 is 29.1 Å². The Labute approximate surface area is 255 Å². The molecule has 43 heavy (non-hydrogen) atoms. The van der Waals surface area contributed by atoms with Gasteiger partial charge in [-0.1, -0.05) is 30.5 Å². The lowest BCUT2D eigenvalue weighted by molar-refractivity contribution is -0.128. The molecule has 11 heteroatoms. The maximum absolute atomic E-state index is 15.3. The number of hydrogen-bond donors (Lipinski definition) is 3. The average Bonchev–Trinajstić information content (AvgIpc) is 3.75. The number of carbonyl (C=O) groups is 3. The van der Waals surface area contributed by atoms with Gasteiger partial charge in [0, 0.05) is 25.7 Å². The number of nitrogens with one attached hydrogen (secondary N) is 3. The van der Waals surface area contributed by atoms with Crippen LogP contribution in [0, 0.1) is 23.6 Å². The molecule has 226 valence electrons. The highest BCUT2D eigenvalue weighted by Crippen LogP contribution is 2.42. The van der Waals surface area contributed by atoms with Crippen molar-refractivity contribution in [2.24, 2.45) is 17.8 Å². The zero-order valence-electron chi connectivity index (χ0n) is 23.9. The fraction of sp³-hybridized carbons (Fsp3) is 0.406. The summed E-state index contributed by atoms with van der Waals surface area (Å²) in [5, 5.41) is 9.34. The van der Waals surface area contributed by atoms with Crippen LogP contribution in [-0.2, 0) is 24.7 Å². The van der Waals surface area contributed by atoms with E-state index in [1.54, 1.807) is 36.7 Å². The minimum absolute atomic E-state index is 0.000325. The number of carbonyl (C=O) groups excluding carboxylic acids is 3. The summed E-state index contributed by atoms with van der Waals surface area (Å²) in [7, 11) is 1.54. The number of methoxy groups -OCH3 is 1. The van der Waals surface area contributed by atoms with Gasteiger partial charge in [-0.2, -0.15) is 0 Å². The van der Waals surface area contributed by atoms with E-state index in [1.807, 2.05) is 12.1 Å². The first-order chi connectivity index (χ1) is 20.8. The first kappa shape index (κ1) is 30.7. The molecular weight excluding hydrogens is 573 g/mol. The summed E-state index contributed by atoms with van der Waals surface area (Å²) in [4.78, 5) is 46.6. The third-order valence-electron chi connectivity index (χ3n) is 8.51. The molecule has 2 amide bonds. The Morgan fingerprint density at radius 2 is 1.77 bits per heavy atom. The topological polar surface area (TPSA) is 122 Å². The number of aldehydes is 1. The van der Waals surface area contributed by atoms with E-state index in [-0.39, 0.29) is 24.2 Å². The molecule has 0 saturated heterocycles. The largest absolute Gasteiger partial charge is 0.381 e. The Morgan fingerprint density at radius 3 is 2.40 bits per heavy atom. The first-order valence-electron chi connectivity index (χ1n) is 14.5. The van der Waals surface area contributed by atoms with Crippen molar-refractivity contribution >= 4 is 41.2 Å². The van der Waals surface area contributed by atoms with Crippen LogP contribution in [0.15, 0.2) is 61.1 Å². The van der Waals surface area contributed by atoms with Crippen molar-refractivity contribution in [3.05, 3.63) is 83.0 Å². The van der Waals surface area contributed by atoms with Crippen LogP contribution in [0.4, 0.5) is 15.9 Å². The van der Waals surface area contributed by atoms with Crippen LogP contribution >= 0.6 is 11.6 Å². The minimum atomic E-state index is -0.803. The van der Waals surface area contributed by atoms with E-state index >= 15 is 4.39 Å². The van der Waals surface area contributed by atoms with Gasteiger partial charge < -0.3 is 20.2 Å². The quantitative estimate of drug-likeness (QED) is 0.231. The Kier molecular flexibility index (Phi) is 9.79. The number of anilines is 2. The number of benzene rings is 1. The molecule has 1 aromatic carbocycles. The third kappa shape index (κ3) is 7.26. The van der Waals surface area contributed by atoms with Crippen molar-refractivity contribution in [2.75, 3.05) is 24.3 Å². The van der Waals surface area contributed by atoms with Crippen LogP contribution in [0.25, 0.3) is 0 Å². The predicted octanol–water partition coefficient (Wildman–Crippen LogP) is 5.11. The Hall–Kier alpha value is -3.73. The zero-order chi connectivity index (χ0) is 30.4. The van der Waals surface area contributed by atoms with Crippen molar-refractivity contribution in [1.29, 1.82) is 0 Å². The monoisotopic (exact) mass is 607 g/mol. The highest BCUT2D eigenvalue weighted by atomic mass is 35.5. The summed E-state index contributed by atoms with van der Waals surface area (Å²) >= 11 is 5.90. The highest BCUT2D eigenvalue weighted by Gasteiger charge is 2.43. The standard InChI is InChI=1S/C32H35ClFN5O4/c1-43-24-17-25(26(18-24)31(42)39-29-7-5-23(33)19-36-29)30(41)38-28-16-22(4-6-27(28)34)32(37-14-15-40,11-8-20-2-3-20)21-9-12-35-13-10-21/h4-7,9-10,12-13,15-16,19-20,24-26,37H,2-3,8,11,14,17-18H2,1H3,(H,38,41)(H,36,39,42)/t24-,25+,26?,32?/m1/s1. The lowest BCUT2D eigenvalue weighted by Gasteiger charge is -2.36. The van der Waals surface area contributed by atoms with Crippen LogP contribution in [-0.4, -0.2) is 47.8 Å². The van der Waals surface area contributed by atoms with Crippen LogP contribution in [0.3, 0.4) is 0 Å². The number of amides is 2. The number of rotatable bonds is 13. The van der Waals surface area contributed by atoms with Crippen LogP contribution < -0.4 is 16.0 Å². The molecule has 0 aliphatic heterocycles. The van der Waals surface area contributed by atoms with Crippen molar-refractivity contribution in [1.82, 2.24) is 15.3 Å². The van der Waals surface area contributed by atoms with E-state index in [9.17, 15) is 14.4 Å². The van der Waals surface area contributed by atoms with E-state index in [2.05, 4.69) is 25.9 Å². The molecular formula is C32H35ClFN5O4. The fourth-order valence-electron chi connectivity index (χ4n) is 5.97. The Balaban J connectivity index is 1.42. The summed E-state index contributed by atoms with van der Waals surface area (Å²) in [6.45, 7) is 0.0891. The Morgan fingerprint density at radius 1 is 1.05 bits per heavy atom.